The van der Waals surface area contributed by atoms with Crippen LogP contribution in [0.4, 0.5) is 0 Å². The van der Waals surface area contributed by atoms with Gasteiger partial charge in [-0.05, 0) is 69.3 Å². The molecule has 0 saturated heterocycles. The van der Waals surface area contributed by atoms with Crippen molar-refractivity contribution in [1.82, 2.24) is 4.90 Å². The summed E-state index contributed by atoms with van der Waals surface area (Å²) in [6, 6.07) is 4.87. The Morgan fingerprint density at radius 1 is 1.15 bits per heavy atom. The first-order chi connectivity index (χ1) is 9.52. The number of carbonyl (C=O) groups excluding carboxylic acids is 1. The van der Waals surface area contributed by atoms with Crippen LogP contribution in [0, 0.1) is 20.8 Å². The molecule has 0 aliphatic heterocycles. The summed E-state index contributed by atoms with van der Waals surface area (Å²) in [5, 5.41) is 0. The van der Waals surface area contributed by atoms with Gasteiger partial charge in [-0.15, -0.1) is 0 Å². The van der Waals surface area contributed by atoms with E-state index in [1.165, 1.54) is 36.8 Å². The third kappa shape index (κ3) is 3.69. The first-order valence-electron chi connectivity index (χ1n) is 7.88. The second-order valence-corrected chi connectivity index (χ2v) is 6.23. The van der Waals surface area contributed by atoms with Crippen LogP contribution in [0.15, 0.2) is 12.1 Å². The van der Waals surface area contributed by atoms with Crippen molar-refractivity contribution in [2.24, 2.45) is 0 Å². The Morgan fingerprint density at radius 2 is 1.80 bits per heavy atom. The van der Waals surface area contributed by atoms with Gasteiger partial charge in [-0.2, -0.15) is 0 Å². The van der Waals surface area contributed by atoms with Gasteiger partial charge in [0.2, 0.25) is 0 Å². The highest BCUT2D eigenvalue weighted by Gasteiger charge is 2.30. The number of benzene rings is 1. The maximum atomic E-state index is 12.6. The van der Waals surface area contributed by atoms with Crippen molar-refractivity contribution in [3.05, 3.63) is 34.4 Å². The molecule has 110 valence electrons. The summed E-state index contributed by atoms with van der Waals surface area (Å²) < 4.78 is 0. The van der Waals surface area contributed by atoms with Gasteiger partial charge in [-0.1, -0.05) is 19.4 Å². The van der Waals surface area contributed by atoms with Gasteiger partial charge in [0.1, 0.15) is 0 Å². The first-order valence-corrected chi connectivity index (χ1v) is 7.88. The molecule has 0 aromatic heterocycles. The molecule has 1 aliphatic carbocycles. The molecule has 0 bridgehead atoms. The predicted molar refractivity (Wildman–Crippen MR) is 84.5 cm³/mol. The zero-order valence-electron chi connectivity index (χ0n) is 13.3. The van der Waals surface area contributed by atoms with E-state index in [2.05, 4.69) is 37.8 Å². The third-order valence-electron chi connectivity index (χ3n) is 4.35. The molecule has 1 aromatic rings. The number of ketones is 1. The Balaban J connectivity index is 2.08. The minimum Gasteiger partial charge on any atom is -0.293 e. The van der Waals surface area contributed by atoms with Crippen molar-refractivity contribution in [3.8, 4) is 0 Å². The SMILES string of the molecule is CCCCN(CC(=O)c1cc(C)c(C)cc1C)C1CC1. The molecule has 0 spiro atoms. The highest BCUT2D eigenvalue weighted by atomic mass is 16.1. The minimum atomic E-state index is 0.286. The summed E-state index contributed by atoms with van der Waals surface area (Å²) >= 11 is 0. The smallest absolute Gasteiger partial charge is 0.177 e. The molecule has 0 radical (unpaired) electrons. The Kier molecular flexibility index (Phi) is 4.98. The van der Waals surface area contributed by atoms with Gasteiger partial charge in [-0.3, -0.25) is 9.69 Å². The number of aryl methyl sites for hydroxylation is 3. The van der Waals surface area contributed by atoms with Crippen LogP contribution in [0.1, 0.15) is 59.7 Å². The van der Waals surface area contributed by atoms with E-state index in [0.717, 1.165) is 17.7 Å². The predicted octanol–water partition coefficient (Wildman–Crippen LogP) is 4.06. The molecule has 1 fully saturated rings. The summed E-state index contributed by atoms with van der Waals surface area (Å²) in [4.78, 5) is 15.0. The fourth-order valence-electron chi connectivity index (χ4n) is 2.72. The third-order valence-corrected chi connectivity index (χ3v) is 4.35. The number of nitrogens with zero attached hydrogens (tertiary/aromatic N) is 1. The van der Waals surface area contributed by atoms with Gasteiger partial charge in [0.05, 0.1) is 6.54 Å². The van der Waals surface area contributed by atoms with Crippen LogP contribution in [0.2, 0.25) is 0 Å². The normalized spacial score (nSPS) is 14.8. The minimum absolute atomic E-state index is 0.286. The molecule has 1 saturated carbocycles. The first kappa shape index (κ1) is 15.2. The van der Waals surface area contributed by atoms with Crippen LogP contribution in [0.5, 0.6) is 0 Å². The average molecular weight is 273 g/mol. The summed E-state index contributed by atoms with van der Waals surface area (Å²) in [7, 11) is 0. The van der Waals surface area contributed by atoms with E-state index < -0.39 is 0 Å². The highest BCUT2D eigenvalue weighted by molar-refractivity contribution is 5.99. The fraction of sp³-hybridized carbons (Fsp3) is 0.611. The Morgan fingerprint density at radius 3 is 2.40 bits per heavy atom. The molecular weight excluding hydrogens is 246 g/mol. The lowest BCUT2D eigenvalue weighted by Crippen LogP contribution is -2.33. The van der Waals surface area contributed by atoms with Gasteiger partial charge in [0.25, 0.3) is 0 Å². The van der Waals surface area contributed by atoms with Crippen LogP contribution in [0.3, 0.4) is 0 Å². The Hall–Kier alpha value is -1.15. The lowest BCUT2D eigenvalue weighted by Gasteiger charge is -2.21. The van der Waals surface area contributed by atoms with E-state index in [0.29, 0.717) is 12.6 Å². The fourth-order valence-corrected chi connectivity index (χ4v) is 2.72. The molecule has 0 amide bonds. The summed E-state index contributed by atoms with van der Waals surface area (Å²) in [6.07, 6.45) is 4.92. The summed E-state index contributed by atoms with van der Waals surface area (Å²) in [5.41, 5.74) is 4.51. The van der Waals surface area contributed by atoms with E-state index in [9.17, 15) is 4.79 Å². The Labute approximate surface area is 123 Å². The van der Waals surface area contributed by atoms with Crippen molar-refractivity contribution in [2.75, 3.05) is 13.1 Å². The molecule has 0 heterocycles. The lowest BCUT2D eigenvalue weighted by atomic mass is 9.98. The number of rotatable bonds is 7. The van der Waals surface area contributed by atoms with Gasteiger partial charge in [0.15, 0.2) is 5.78 Å². The van der Waals surface area contributed by atoms with E-state index in [1.807, 2.05) is 6.92 Å². The lowest BCUT2D eigenvalue weighted by molar-refractivity contribution is 0.0923. The molecule has 20 heavy (non-hydrogen) atoms. The van der Waals surface area contributed by atoms with Gasteiger partial charge in [0, 0.05) is 11.6 Å². The second kappa shape index (κ2) is 6.53. The number of unbranched alkanes of at least 4 members (excludes halogenated alkanes) is 1. The highest BCUT2D eigenvalue weighted by Crippen LogP contribution is 2.27. The van der Waals surface area contributed by atoms with Crippen molar-refractivity contribution in [1.29, 1.82) is 0 Å². The Bertz CT molecular complexity index is 488. The second-order valence-electron chi connectivity index (χ2n) is 6.23. The molecule has 0 N–H and O–H groups in total. The van der Waals surface area contributed by atoms with Crippen molar-refractivity contribution >= 4 is 5.78 Å². The summed E-state index contributed by atoms with van der Waals surface area (Å²) in [5.74, 6) is 0.286. The monoisotopic (exact) mass is 273 g/mol. The average Bonchev–Trinajstić information content (AvgIpc) is 3.22. The van der Waals surface area contributed by atoms with Crippen LogP contribution >= 0.6 is 0 Å². The standard InChI is InChI=1S/C18H27NO/c1-5-6-9-19(16-7-8-16)12-18(20)17-11-14(3)13(2)10-15(17)4/h10-11,16H,5-9,12H2,1-4H3. The van der Waals surface area contributed by atoms with E-state index in [-0.39, 0.29) is 5.78 Å². The molecule has 2 rings (SSSR count). The van der Waals surface area contributed by atoms with Crippen molar-refractivity contribution in [3.63, 3.8) is 0 Å². The number of carbonyl (C=O) groups is 1. The maximum Gasteiger partial charge on any atom is 0.177 e. The molecule has 1 aliphatic rings. The molecule has 0 unspecified atom stereocenters. The quantitative estimate of drug-likeness (QED) is 0.698. The van der Waals surface area contributed by atoms with Gasteiger partial charge < -0.3 is 0 Å². The number of Topliss-reactive ketones (excluding diaryl/α,β-unsaturated/α-hetero) is 1. The van der Waals surface area contributed by atoms with Gasteiger partial charge >= 0.3 is 0 Å². The molecule has 0 atom stereocenters. The van der Waals surface area contributed by atoms with E-state index in [4.69, 9.17) is 0 Å². The number of hydrogen-bond donors (Lipinski definition) is 0. The maximum absolute atomic E-state index is 12.6. The molecular formula is C18H27NO. The largest absolute Gasteiger partial charge is 0.293 e. The molecule has 2 nitrogen and oxygen atoms in total. The zero-order valence-corrected chi connectivity index (χ0v) is 13.3. The van der Waals surface area contributed by atoms with E-state index in [1.54, 1.807) is 0 Å². The topological polar surface area (TPSA) is 20.3 Å². The van der Waals surface area contributed by atoms with Crippen molar-refractivity contribution < 1.29 is 4.79 Å². The van der Waals surface area contributed by atoms with Crippen LogP contribution in [-0.4, -0.2) is 29.8 Å². The zero-order chi connectivity index (χ0) is 14.7. The van der Waals surface area contributed by atoms with Crippen molar-refractivity contribution in [2.45, 2.75) is 59.4 Å². The van der Waals surface area contributed by atoms with Gasteiger partial charge in [-0.25, -0.2) is 0 Å². The molecule has 1 aromatic carbocycles. The van der Waals surface area contributed by atoms with E-state index >= 15 is 0 Å². The summed E-state index contributed by atoms with van der Waals surface area (Å²) in [6.45, 7) is 10.1. The van der Waals surface area contributed by atoms with Crippen LogP contribution < -0.4 is 0 Å². The number of hydrogen-bond acceptors (Lipinski definition) is 2. The van der Waals surface area contributed by atoms with Crippen LogP contribution in [0.25, 0.3) is 0 Å². The van der Waals surface area contributed by atoms with Crippen LogP contribution in [-0.2, 0) is 0 Å². The molecule has 2 heteroatoms.